The van der Waals surface area contributed by atoms with E-state index in [9.17, 15) is 25.6 Å². The number of benzene rings is 1. The van der Waals surface area contributed by atoms with Gasteiger partial charge in [0.05, 0.1) is 4.90 Å². The molecule has 1 rings (SSSR count). The molecule has 0 aliphatic heterocycles. The highest BCUT2D eigenvalue weighted by molar-refractivity contribution is 7.92. The van der Waals surface area contributed by atoms with Crippen molar-refractivity contribution < 1.29 is 30.2 Å². The Balaban J connectivity index is 3.13. The summed E-state index contributed by atoms with van der Waals surface area (Å²) in [7, 11) is -10.6. The molecule has 0 unspecified atom stereocenters. The van der Waals surface area contributed by atoms with Gasteiger partial charge in [-0.15, -0.1) is 4.72 Å². The standard InChI is InChI=1S/C7H7F2NO5S2/c8-7(9,17(13,14)15)10-16(11,12)6-4-2-1-3-5-6/h1-5,10H,(H,13,14,15). The Hall–Kier alpha value is -1.10. The summed E-state index contributed by atoms with van der Waals surface area (Å²) in [5.74, 6) is 0. The Morgan fingerprint density at radius 1 is 1.06 bits per heavy atom. The van der Waals surface area contributed by atoms with Gasteiger partial charge in [-0.2, -0.15) is 17.2 Å². The highest BCUT2D eigenvalue weighted by Crippen LogP contribution is 2.20. The Kier molecular flexibility index (Phi) is 3.52. The maximum absolute atomic E-state index is 12.8. The third-order valence-corrected chi connectivity index (χ3v) is 3.93. The first-order valence-electron chi connectivity index (χ1n) is 4.00. The van der Waals surface area contributed by atoms with E-state index in [2.05, 4.69) is 0 Å². The first-order valence-corrected chi connectivity index (χ1v) is 6.92. The molecule has 0 aliphatic rings. The normalized spacial score (nSPS) is 13.6. The molecule has 10 heteroatoms. The van der Waals surface area contributed by atoms with E-state index in [1.165, 1.54) is 18.2 Å². The minimum Gasteiger partial charge on any atom is -0.280 e. The monoisotopic (exact) mass is 287 g/mol. The summed E-state index contributed by atoms with van der Waals surface area (Å²) in [4.78, 5) is -0.552. The minimum atomic E-state index is -5.87. The van der Waals surface area contributed by atoms with Gasteiger partial charge in [0.25, 0.3) is 0 Å². The van der Waals surface area contributed by atoms with E-state index in [-0.39, 0.29) is 0 Å². The van der Waals surface area contributed by atoms with Crippen LogP contribution in [-0.4, -0.2) is 26.8 Å². The second-order valence-corrected chi connectivity index (χ2v) is 6.06. The Bertz CT molecular complexity index is 596. The fraction of sp³-hybridized carbons (Fsp3) is 0.143. The van der Waals surface area contributed by atoms with Crippen molar-refractivity contribution in [1.82, 2.24) is 4.72 Å². The summed E-state index contributed by atoms with van der Waals surface area (Å²) >= 11 is 0. The zero-order valence-electron chi connectivity index (χ0n) is 8.04. The second kappa shape index (κ2) is 4.29. The van der Waals surface area contributed by atoms with Crippen LogP contribution in [0.5, 0.6) is 0 Å². The third-order valence-electron chi connectivity index (χ3n) is 1.63. The van der Waals surface area contributed by atoms with Crippen LogP contribution in [0.2, 0.25) is 0 Å². The van der Waals surface area contributed by atoms with Gasteiger partial charge in [-0.1, -0.05) is 18.2 Å². The fourth-order valence-corrected chi connectivity index (χ4v) is 2.56. The minimum absolute atomic E-state index is 0.552. The van der Waals surface area contributed by atoms with E-state index in [1.54, 1.807) is 0 Å². The van der Waals surface area contributed by atoms with Gasteiger partial charge >= 0.3 is 15.5 Å². The van der Waals surface area contributed by atoms with Crippen molar-refractivity contribution >= 4 is 20.1 Å². The van der Waals surface area contributed by atoms with Crippen LogP contribution in [0.3, 0.4) is 0 Å². The van der Waals surface area contributed by atoms with Gasteiger partial charge in [-0.25, -0.2) is 8.42 Å². The predicted octanol–water partition coefficient (Wildman–Crippen LogP) is 0.403. The second-order valence-electron chi connectivity index (χ2n) is 2.91. The third kappa shape index (κ3) is 3.19. The molecule has 0 amide bonds. The topological polar surface area (TPSA) is 101 Å². The van der Waals surface area contributed by atoms with Crippen LogP contribution >= 0.6 is 0 Å². The molecule has 0 aromatic heterocycles. The largest absolute Gasteiger partial charge is 0.442 e. The van der Waals surface area contributed by atoms with Crippen LogP contribution < -0.4 is 4.72 Å². The molecule has 0 spiro atoms. The van der Waals surface area contributed by atoms with Crippen molar-refractivity contribution in [2.24, 2.45) is 0 Å². The molecular weight excluding hydrogens is 280 g/mol. The molecule has 2 N–H and O–H groups in total. The van der Waals surface area contributed by atoms with E-state index in [0.29, 0.717) is 4.72 Å². The Morgan fingerprint density at radius 2 is 1.53 bits per heavy atom. The number of rotatable bonds is 4. The lowest BCUT2D eigenvalue weighted by Gasteiger charge is -2.14. The van der Waals surface area contributed by atoms with Crippen molar-refractivity contribution in [2.45, 2.75) is 10.3 Å². The van der Waals surface area contributed by atoms with Crippen LogP contribution in [-0.2, 0) is 20.1 Å². The van der Waals surface area contributed by atoms with E-state index in [4.69, 9.17) is 4.55 Å². The lowest BCUT2D eigenvalue weighted by Crippen LogP contribution is -2.46. The fourth-order valence-electron chi connectivity index (χ4n) is 0.868. The first kappa shape index (κ1) is 14.0. The van der Waals surface area contributed by atoms with Crippen LogP contribution in [0.4, 0.5) is 8.78 Å². The molecule has 0 atom stereocenters. The summed E-state index contributed by atoms with van der Waals surface area (Å²) in [5.41, 5.74) is 0. The molecule has 1 aromatic rings. The van der Waals surface area contributed by atoms with Crippen molar-refractivity contribution in [1.29, 1.82) is 0 Å². The quantitative estimate of drug-likeness (QED) is 0.617. The predicted molar refractivity (Wildman–Crippen MR) is 53.3 cm³/mol. The van der Waals surface area contributed by atoms with Crippen LogP contribution in [0, 0.1) is 0 Å². The average Bonchev–Trinajstić information content (AvgIpc) is 2.15. The molecule has 0 fully saturated rings. The van der Waals surface area contributed by atoms with E-state index in [1.807, 2.05) is 0 Å². The molecule has 0 saturated carbocycles. The molecule has 0 saturated heterocycles. The Morgan fingerprint density at radius 3 is 1.94 bits per heavy atom. The summed E-state index contributed by atoms with van der Waals surface area (Å²) in [5, 5.41) is -4.98. The van der Waals surface area contributed by atoms with Gasteiger partial charge in [0, 0.05) is 0 Å². The van der Waals surface area contributed by atoms with Crippen molar-refractivity contribution in [2.75, 3.05) is 0 Å². The molecule has 0 bridgehead atoms. The summed E-state index contributed by atoms with van der Waals surface area (Å²) in [6, 6.07) is 5.95. The zero-order chi connectivity index (χ0) is 13.3. The lowest BCUT2D eigenvalue weighted by molar-refractivity contribution is 0.0691. The summed E-state index contributed by atoms with van der Waals surface area (Å²) in [6.45, 7) is 0. The van der Waals surface area contributed by atoms with Crippen LogP contribution in [0.1, 0.15) is 0 Å². The first-order chi connectivity index (χ1) is 7.56. The van der Waals surface area contributed by atoms with Gasteiger partial charge in [-0.3, -0.25) is 4.55 Å². The highest BCUT2D eigenvalue weighted by atomic mass is 32.2. The molecule has 96 valence electrons. The number of nitrogens with one attached hydrogen (secondary N) is 1. The Labute approximate surface area is 96.1 Å². The zero-order valence-corrected chi connectivity index (χ0v) is 9.67. The maximum Gasteiger partial charge on any atom is 0.442 e. The van der Waals surface area contributed by atoms with E-state index >= 15 is 0 Å². The molecule has 0 aliphatic carbocycles. The van der Waals surface area contributed by atoms with Gasteiger partial charge in [-0.05, 0) is 12.1 Å². The van der Waals surface area contributed by atoms with E-state index < -0.39 is 30.4 Å². The molecule has 6 nitrogen and oxygen atoms in total. The molecular formula is C7H7F2NO5S2. The number of halogens is 2. The van der Waals surface area contributed by atoms with Gasteiger partial charge in [0.15, 0.2) is 0 Å². The number of hydrogen-bond acceptors (Lipinski definition) is 4. The molecule has 17 heavy (non-hydrogen) atoms. The molecule has 0 radical (unpaired) electrons. The van der Waals surface area contributed by atoms with Crippen LogP contribution in [0.25, 0.3) is 0 Å². The van der Waals surface area contributed by atoms with Crippen molar-refractivity contribution in [3.8, 4) is 0 Å². The summed E-state index contributed by atoms with van der Waals surface area (Å²) < 4.78 is 77.4. The van der Waals surface area contributed by atoms with Gasteiger partial charge < -0.3 is 0 Å². The number of sulfonamides is 1. The van der Waals surface area contributed by atoms with Crippen molar-refractivity contribution in [3.63, 3.8) is 0 Å². The SMILES string of the molecule is O=S(=O)(NC(F)(F)S(=O)(=O)O)c1ccccc1. The van der Waals surface area contributed by atoms with Gasteiger partial charge in [0.1, 0.15) is 0 Å². The number of hydrogen-bond donors (Lipinski definition) is 2. The lowest BCUT2D eigenvalue weighted by atomic mass is 10.4. The molecule has 0 heterocycles. The molecule has 1 aromatic carbocycles. The van der Waals surface area contributed by atoms with Crippen molar-refractivity contribution in [3.05, 3.63) is 30.3 Å². The maximum atomic E-state index is 12.8. The van der Waals surface area contributed by atoms with Gasteiger partial charge in [0.2, 0.25) is 10.0 Å². The highest BCUT2D eigenvalue weighted by Gasteiger charge is 2.48. The average molecular weight is 287 g/mol. The smallest absolute Gasteiger partial charge is 0.280 e. The van der Waals surface area contributed by atoms with Crippen LogP contribution in [0.15, 0.2) is 35.2 Å². The summed E-state index contributed by atoms with van der Waals surface area (Å²) in [6.07, 6.45) is 0. The number of alkyl halides is 2. The van der Waals surface area contributed by atoms with E-state index in [0.717, 1.165) is 12.1 Å².